The van der Waals surface area contributed by atoms with E-state index in [1.807, 2.05) is 30.6 Å². The minimum Gasteiger partial charge on any atom is -0.481 e. The molecule has 6 heteroatoms. The minimum absolute atomic E-state index is 0.00696. The predicted octanol–water partition coefficient (Wildman–Crippen LogP) is 2.59. The summed E-state index contributed by atoms with van der Waals surface area (Å²) in [5, 5.41) is 10.6. The Morgan fingerprint density at radius 2 is 2.39 bits per heavy atom. The molecule has 0 aromatic carbocycles. The molecule has 0 radical (unpaired) electrons. The zero-order valence-corrected chi connectivity index (χ0v) is 10.4. The topological polar surface area (TPSA) is 67.7 Å². The molecule has 18 heavy (non-hydrogen) atoms. The van der Waals surface area contributed by atoms with Crippen LogP contribution in [-0.2, 0) is 11.2 Å². The second-order valence-electron chi connectivity index (χ2n) is 3.99. The first-order valence-electron chi connectivity index (χ1n) is 5.37. The molecule has 5 nitrogen and oxygen atoms in total. The smallest absolute Gasteiger partial charge is 0.309 e. The highest BCUT2D eigenvalue weighted by Gasteiger charge is 2.13. The molecule has 3 heterocycles. The van der Waals surface area contributed by atoms with Gasteiger partial charge in [0.2, 0.25) is 0 Å². The van der Waals surface area contributed by atoms with Crippen molar-refractivity contribution in [1.29, 1.82) is 0 Å². The molecular weight excluding hydrogens is 252 g/mol. The lowest BCUT2D eigenvalue weighted by Gasteiger charge is -1.93. The summed E-state index contributed by atoms with van der Waals surface area (Å²) in [6.07, 6.45) is 1.80. The maximum absolute atomic E-state index is 10.7. The van der Waals surface area contributed by atoms with Gasteiger partial charge in [0.1, 0.15) is 11.5 Å². The molecule has 0 aliphatic carbocycles. The van der Waals surface area contributed by atoms with Crippen LogP contribution >= 0.6 is 11.3 Å². The van der Waals surface area contributed by atoms with Crippen LogP contribution in [-0.4, -0.2) is 20.5 Å². The van der Waals surface area contributed by atoms with Crippen LogP contribution < -0.4 is 0 Å². The molecule has 92 valence electrons. The van der Waals surface area contributed by atoms with Crippen molar-refractivity contribution in [3.05, 3.63) is 35.2 Å². The van der Waals surface area contributed by atoms with Gasteiger partial charge in [0.25, 0.3) is 0 Å². The standard InChI is InChI=1S/C12H10N2O3S/c1-7-2-3-10(17-7)9-5-14-8(4-11(15)16)6-18-12(14)13-9/h2-3,5-6H,4H2,1H3,(H,15,16). The quantitative estimate of drug-likeness (QED) is 0.787. The van der Waals surface area contributed by atoms with E-state index in [4.69, 9.17) is 9.52 Å². The molecule has 0 bridgehead atoms. The molecule has 0 atom stereocenters. The van der Waals surface area contributed by atoms with E-state index in [9.17, 15) is 4.79 Å². The van der Waals surface area contributed by atoms with Crippen molar-refractivity contribution >= 4 is 22.3 Å². The number of rotatable bonds is 3. The van der Waals surface area contributed by atoms with E-state index in [0.29, 0.717) is 5.76 Å². The molecule has 1 N–H and O–H groups in total. The van der Waals surface area contributed by atoms with Gasteiger partial charge in [-0.25, -0.2) is 4.98 Å². The molecule has 3 rings (SSSR count). The molecule has 0 aliphatic heterocycles. The molecular formula is C12H10N2O3S. The number of hydrogen-bond donors (Lipinski definition) is 1. The second-order valence-corrected chi connectivity index (χ2v) is 4.82. The van der Waals surface area contributed by atoms with Gasteiger partial charge in [-0.05, 0) is 19.1 Å². The number of nitrogens with zero attached hydrogens (tertiary/aromatic N) is 2. The van der Waals surface area contributed by atoms with E-state index in [-0.39, 0.29) is 6.42 Å². The number of thiazole rings is 1. The first-order valence-corrected chi connectivity index (χ1v) is 6.25. The maximum Gasteiger partial charge on any atom is 0.309 e. The predicted molar refractivity (Wildman–Crippen MR) is 66.8 cm³/mol. The fourth-order valence-electron chi connectivity index (χ4n) is 1.80. The van der Waals surface area contributed by atoms with Crippen LogP contribution in [0.25, 0.3) is 16.4 Å². The highest BCUT2D eigenvalue weighted by molar-refractivity contribution is 7.15. The highest BCUT2D eigenvalue weighted by atomic mass is 32.1. The number of hydrogen-bond acceptors (Lipinski definition) is 4. The molecule has 3 aromatic heterocycles. The van der Waals surface area contributed by atoms with Crippen LogP contribution in [0.2, 0.25) is 0 Å². The number of imidazole rings is 1. The SMILES string of the molecule is Cc1ccc(-c2cn3c(CC(=O)O)csc3n2)o1. The average molecular weight is 262 g/mol. The normalized spacial score (nSPS) is 11.2. The molecule has 3 aromatic rings. The lowest BCUT2D eigenvalue weighted by atomic mass is 10.3. The summed E-state index contributed by atoms with van der Waals surface area (Å²) in [6.45, 7) is 1.87. The number of furan rings is 1. The van der Waals surface area contributed by atoms with Crippen molar-refractivity contribution in [3.8, 4) is 11.5 Å². The second kappa shape index (κ2) is 3.99. The first-order chi connectivity index (χ1) is 8.63. The van der Waals surface area contributed by atoms with Gasteiger partial charge < -0.3 is 9.52 Å². The van der Waals surface area contributed by atoms with Crippen LogP contribution in [0.4, 0.5) is 0 Å². The Morgan fingerprint density at radius 1 is 1.56 bits per heavy atom. The van der Waals surface area contributed by atoms with E-state index >= 15 is 0 Å². The molecule has 0 saturated heterocycles. The first kappa shape index (κ1) is 11.0. The van der Waals surface area contributed by atoms with Gasteiger partial charge in [0.05, 0.1) is 6.42 Å². The van der Waals surface area contributed by atoms with Gasteiger partial charge in [-0.2, -0.15) is 0 Å². The summed E-state index contributed by atoms with van der Waals surface area (Å²) >= 11 is 1.43. The Balaban J connectivity index is 2.06. The van der Waals surface area contributed by atoms with Gasteiger partial charge in [0, 0.05) is 17.3 Å². The molecule has 0 saturated carbocycles. The largest absolute Gasteiger partial charge is 0.481 e. The van der Waals surface area contributed by atoms with Crippen LogP contribution in [0, 0.1) is 6.92 Å². The van der Waals surface area contributed by atoms with Gasteiger partial charge in [-0.15, -0.1) is 11.3 Å². The van der Waals surface area contributed by atoms with Crippen molar-refractivity contribution in [2.24, 2.45) is 0 Å². The Morgan fingerprint density at radius 3 is 3.06 bits per heavy atom. The average Bonchev–Trinajstić information content (AvgIpc) is 2.94. The summed E-state index contributed by atoms with van der Waals surface area (Å²) in [7, 11) is 0. The molecule has 0 amide bonds. The zero-order valence-electron chi connectivity index (χ0n) is 9.58. The van der Waals surface area contributed by atoms with Gasteiger partial charge in [-0.1, -0.05) is 0 Å². The third kappa shape index (κ3) is 1.80. The number of carboxylic acid groups (broad SMARTS) is 1. The van der Waals surface area contributed by atoms with Crippen molar-refractivity contribution < 1.29 is 14.3 Å². The Hall–Kier alpha value is -2.08. The van der Waals surface area contributed by atoms with E-state index in [2.05, 4.69) is 4.98 Å². The molecule has 0 spiro atoms. The lowest BCUT2D eigenvalue weighted by molar-refractivity contribution is -0.136. The van der Waals surface area contributed by atoms with E-state index in [0.717, 1.165) is 22.1 Å². The summed E-state index contributed by atoms with van der Waals surface area (Å²) in [4.78, 5) is 15.9. The van der Waals surface area contributed by atoms with Crippen molar-refractivity contribution in [2.45, 2.75) is 13.3 Å². The Labute approximate surface area is 106 Å². The maximum atomic E-state index is 10.7. The van der Waals surface area contributed by atoms with E-state index in [1.165, 1.54) is 11.3 Å². The minimum atomic E-state index is -0.848. The fraction of sp³-hybridized carbons (Fsp3) is 0.167. The molecule has 0 aliphatic rings. The van der Waals surface area contributed by atoms with Gasteiger partial charge >= 0.3 is 5.97 Å². The highest BCUT2D eigenvalue weighted by Crippen LogP contribution is 2.25. The van der Waals surface area contributed by atoms with Crippen molar-refractivity contribution in [1.82, 2.24) is 9.38 Å². The number of fused-ring (bicyclic) bond motifs is 1. The van der Waals surface area contributed by atoms with Crippen molar-refractivity contribution in [2.75, 3.05) is 0 Å². The van der Waals surface area contributed by atoms with Crippen LogP contribution in [0.5, 0.6) is 0 Å². The summed E-state index contributed by atoms with van der Waals surface area (Å²) in [5.41, 5.74) is 1.45. The fourth-order valence-corrected chi connectivity index (χ4v) is 2.68. The molecule has 0 fully saturated rings. The number of carbonyl (C=O) groups is 1. The number of aliphatic carboxylic acids is 1. The van der Waals surface area contributed by atoms with Crippen LogP contribution in [0.3, 0.4) is 0 Å². The summed E-state index contributed by atoms with van der Waals surface area (Å²) in [5.74, 6) is 0.676. The lowest BCUT2D eigenvalue weighted by Crippen LogP contribution is -2.02. The van der Waals surface area contributed by atoms with Gasteiger partial charge in [-0.3, -0.25) is 9.20 Å². The Kier molecular flexibility index (Phi) is 2.45. The summed E-state index contributed by atoms with van der Waals surface area (Å²) < 4.78 is 7.30. The number of aromatic nitrogens is 2. The van der Waals surface area contributed by atoms with Crippen LogP contribution in [0.15, 0.2) is 28.1 Å². The third-order valence-corrected chi connectivity index (χ3v) is 3.50. The summed E-state index contributed by atoms with van der Waals surface area (Å²) in [6, 6.07) is 3.74. The van der Waals surface area contributed by atoms with Crippen LogP contribution in [0.1, 0.15) is 11.5 Å². The number of aryl methyl sites for hydroxylation is 1. The Bertz CT molecular complexity index is 723. The monoisotopic (exact) mass is 262 g/mol. The zero-order chi connectivity index (χ0) is 12.7. The van der Waals surface area contributed by atoms with Crippen molar-refractivity contribution in [3.63, 3.8) is 0 Å². The third-order valence-electron chi connectivity index (χ3n) is 2.61. The number of carboxylic acids is 1. The van der Waals surface area contributed by atoms with E-state index in [1.54, 1.807) is 4.40 Å². The van der Waals surface area contributed by atoms with E-state index < -0.39 is 5.97 Å². The molecule has 0 unspecified atom stereocenters. The van der Waals surface area contributed by atoms with Gasteiger partial charge in [0.15, 0.2) is 10.7 Å².